The van der Waals surface area contributed by atoms with Gasteiger partial charge >= 0.3 is 5.97 Å². The number of hydrogen-bond acceptors (Lipinski definition) is 1. The Morgan fingerprint density at radius 3 is 2.47 bits per heavy atom. The maximum atomic E-state index is 11.2. The summed E-state index contributed by atoms with van der Waals surface area (Å²) >= 11 is 0. The van der Waals surface area contributed by atoms with Gasteiger partial charge in [0.05, 0.1) is 5.56 Å². The minimum Gasteiger partial charge on any atom is -0.478 e. The van der Waals surface area contributed by atoms with Crippen LogP contribution in [0.1, 0.15) is 36.7 Å². The summed E-state index contributed by atoms with van der Waals surface area (Å²) in [5.74, 6) is -0.873. The summed E-state index contributed by atoms with van der Waals surface area (Å²) in [6, 6.07) is 6.04. The highest BCUT2D eigenvalue weighted by molar-refractivity contribution is 6.03. The zero-order valence-electron chi connectivity index (χ0n) is 10.6. The van der Waals surface area contributed by atoms with E-state index in [0.717, 1.165) is 16.5 Å². The van der Waals surface area contributed by atoms with Gasteiger partial charge in [0.15, 0.2) is 0 Å². The lowest BCUT2D eigenvalue weighted by atomic mass is 9.86. The van der Waals surface area contributed by atoms with Crippen molar-refractivity contribution < 1.29 is 9.90 Å². The zero-order chi connectivity index (χ0) is 12.8. The van der Waals surface area contributed by atoms with Crippen LogP contribution in [0.4, 0.5) is 0 Å². The maximum Gasteiger partial charge on any atom is 0.337 e. The molecule has 0 radical (unpaired) electrons. The Morgan fingerprint density at radius 2 is 1.94 bits per heavy atom. The van der Waals surface area contributed by atoms with Crippen molar-refractivity contribution >= 4 is 16.9 Å². The maximum absolute atomic E-state index is 11.2. The van der Waals surface area contributed by atoms with Crippen LogP contribution in [0.5, 0.6) is 0 Å². The SMILES string of the molecule is Cn1cc(C(=O)O)c2cc(C(C)(C)C)ccc21. The van der Waals surface area contributed by atoms with E-state index >= 15 is 0 Å². The second-order valence-electron chi connectivity index (χ2n) is 5.44. The summed E-state index contributed by atoms with van der Waals surface area (Å²) in [6.07, 6.45) is 1.67. The van der Waals surface area contributed by atoms with Crippen molar-refractivity contribution in [3.05, 3.63) is 35.5 Å². The quantitative estimate of drug-likeness (QED) is 0.819. The molecule has 2 aromatic rings. The molecule has 1 aromatic carbocycles. The number of carboxylic acids is 1. The molecule has 0 aliphatic heterocycles. The molecule has 0 aliphatic carbocycles. The molecule has 0 amide bonds. The second kappa shape index (κ2) is 3.62. The molecule has 90 valence electrons. The van der Waals surface area contributed by atoms with Crippen LogP contribution in [0.2, 0.25) is 0 Å². The van der Waals surface area contributed by atoms with Crippen LogP contribution in [0.3, 0.4) is 0 Å². The molecule has 0 fully saturated rings. The third kappa shape index (κ3) is 1.93. The topological polar surface area (TPSA) is 42.2 Å². The van der Waals surface area contributed by atoms with Crippen molar-refractivity contribution in [1.29, 1.82) is 0 Å². The fourth-order valence-electron chi connectivity index (χ4n) is 2.03. The summed E-state index contributed by atoms with van der Waals surface area (Å²) in [5, 5.41) is 9.99. The molecule has 0 unspecified atom stereocenters. The number of carbonyl (C=O) groups is 1. The third-order valence-electron chi connectivity index (χ3n) is 3.09. The number of nitrogens with zero attached hydrogens (tertiary/aromatic N) is 1. The zero-order valence-corrected chi connectivity index (χ0v) is 10.6. The van der Waals surface area contributed by atoms with Crippen molar-refractivity contribution in [2.45, 2.75) is 26.2 Å². The molecule has 1 aromatic heterocycles. The summed E-state index contributed by atoms with van der Waals surface area (Å²) < 4.78 is 1.85. The fraction of sp³-hybridized carbons (Fsp3) is 0.357. The Morgan fingerprint density at radius 1 is 1.29 bits per heavy atom. The standard InChI is InChI=1S/C14H17NO2/c1-14(2,3)9-5-6-12-10(7-9)11(13(16)17)8-15(12)4/h5-8H,1-4H3,(H,16,17). The number of fused-ring (bicyclic) bond motifs is 1. The summed E-state index contributed by atoms with van der Waals surface area (Å²) in [4.78, 5) is 11.2. The van der Waals surface area contributed by atoms with Crippen molar-refractivity contribution in [2.75, 3.05) is 0 Å². The summed E-state index contributed by atoms with van der Waals surface area (Å²) in [6.45, 7) is 6.37. The van der Waals surface area contributed by atoms with Crippen molar-refractivity contribution in [1.82, 2.24) is 4.57 Å². The second-order valence-corrected chi connectivity index (χ2v) is 5.44. The Labute approximate surface area is 101 Å². The minimum absolute atomic E-state index is 0.0276. The van der Waals surface area contributed by atoms with E-state index in [2.05, 4.69) is 26.8 Å². The van der Waals surface area contributed by atoms with E-state index < -0.39 is 5.97 Å². The Bertz CT molecular complexity index is 588. The first-order valence-corrected chi connectivity index (χ1v) is 5.63. The van der Waals surface area contributed by atoms with Crippen LogP contribution in [-0.4, -0.2) is 15.6 Å². The lowest BCUT2D eigenvalue weighted by Crippen LogP contribution is -2.10. The molecule has 1 heterocycles. The number of carboxylic acid groups (broad SMARTS) is 1. The van der Waals surface area contributed by atoms with Gasteiger partial charge in [-0.25, -0.2) is 4.79 Å². The number of hydrogen-bond donors (Lipinski definition) is 1. The van der Waals surface area contributed by atoms with Gasteiger partial charge in [0.25, 0.3) is 0 Å². The van der Waals surface area contributed by atoms with Gasteiger partial charge in [-0.1, -0.05) is 26.8 Å². The smallest absolute Gasteiger partial charge is 0.337 e. The van der Waals surface area contributed by atoms with Crippen LogP contribution in [0.15, 0.2) is 24.4 Å². The lowest BCUT2D eigenvalue weighted by Gasteiger charge is -2.19. The molecule has 17 heavy (non-hydrogen) atoms. The van der Waals surface area contributed by atoms with Crippen LogP contribution < -0.4 is 0 Å². The number of aromatic nitrogens is 1. The number of aryl methyl sites for hydroxylation is 1. The van der Waals surface area contributed by atoms with Crippen LogP contribution in [0, 0.1) is 0 Å². The number of benzene rings is 1. The van der Waals surface area contributed by atoms with Crippen molar-refractivity contribution in [2.24, 2.45) is 7.05 Å². The van der Waals surface area contributed by atoms with Crippen LogP contribution in [0.25, 0.3) is 10.9 Å². The molecular weight excluding hydrogens is 214 g/mol. The third-order valence-corrected chi connectivity index (χ3v) is 3.09. The highest BCUT2D eigenvalue weighted by Crippen LogP contribution is 2.28. The number of rotatable bonds is 1. The van der Waals surface area contributed by atoms with E-state index in [9.17, 15) is 9.90 Å². The largest absolute Gasteiger partial charge is 0.478 e. The highest BCUT2D eigenvalue weighted by atomic mass is 16.4. The Hall–Kier alpha value is -1.77. The molecule has 0 saturated carbocycles. The first kappa shape index (κ1) is 11.7. The highest BCUT2D eigenvalue weighted by Gasteiger charge is 2.18. The van der Waals surface area contributed by atoms with Gasteiger partial charge in [-0.2, -0.15) is 0 Å². The molecule has 3 heteroatoms. The average molecular weight is 231 g/mol. The Kier molecular flexibility index (Phi) is 2.49. The first-order valence-electron chi connectivity index (χ1n) is 5.63. The molecule has 3 nitrogen and oxygen atoms in total. The number of aromatic carboxylic acids is 1. The average Bonchev–Trinajstić information content (AvgIpc) is 2.54. The summed E-state index contributed by atoms with van der Waals surface area (Å²) in [5.41, 5.74) is 2.50. The van der Waals surface area contributed by atoms with E-state index in [-0.39, 0.29) is 5.41 Å². The summed E-state index contributed by atoms with van der Waals surface area (Å²) in [7, 11) is 1.87. The molecule has 0 aliphatic rings. The Balaban J connectivity index is 2.75. The van der Waals surface area contributed by atoms with Gasteiger partial charge in [-0.05, 0) is 23.1 Å². The predicted molar refractivity (Wildman–Crippen MR) is 68.6 cm³/mol. The predicted octanol–water partition coefficient (Wildman–Crippen LogP) is 3.17. The van der Waals surface area contributed by atoms with E-state index in [4.69, 9.17) is 0 Å². The van der Waals surface area contributed by atoms with Gasteiger partial charge < -0.3 is 9.67 Å². The molecule has 2 rings (SSSR count). The monoisotopic (exact) mass is 231 g/mol. The fourth-order valence-corrected chi connectivity index (χ4v) is 2.03. The van der Waals surface area contributed by atoms with Gasteiger partial charge in [0, 0.05) is 24.1 Å². The van der Waals surface area contributed by atoms with Crippen molar-refractivity contribution in [3.8, 4) is 0 Å². The molecular formula is C14H17NO2. The van der Waals surface area contributed by atoms with Crippen LogP contribution >= 0.6 is 0 Å². The molecule has 0 atom stereocenters. The normalized spacial score (nSPS) is 12.0. The van der Waals surface area contributed by atoms with Gasteiger partial charge in [0.1, 0.15) is 0 Å². The van der Waals surface area contributed by atoms with Gasteiger partial charge in [-0.3, -0.25) is 0 Å². The van der Waals surface area contributed by atoms with E-state index in [1.54, 1.807) is 6.20 Å². The van der Waals surface area contributed by atoms with Gasteiger partial charge in [0.2, 0.25) is 0 Å². The van der Waals surface area contributed by atoms with Gasteiger partial charge in [-0.15, -0.1) is 0 Å². The van der Waals surface area contributed by atoms with E-state index in [1.807, 2.05) is 23.7 Å². The first-order chi connectivity index (χ1) is 7.80. The molecule has 0 spiro atoms. The van der Waals surface area contributed by atoms with Crippen molar-refractivity contribution in [3.63, 3.8) is 0 Å². The molecule has 0 bridgehead atoms. The lowest BCUT2D eigenvalue weighted by molar-refractivity contribution is 0.0699. The minimum atomic E-state index is -0.873. The molecule has 1 N–H and O–H groups in total. The molecule has 0 saturated heterocycles. The van der Waals surface area contributed by atoms with E-state index in [1.165, 1.54) is 0 Å². The van der Waals surface area contributed by atoms with Crippen LogP contribution in [-0.2, 0) is 12.5 Å². The van der Waals surface area contributed by atoms with E-state index in [0.29, 0.717) is 5.56 Å².